The number of likely N-dealkylation sites (N-methyl/N-ethyl adjacent to an activating group) is 1. The standard InChI is InChI=1S/C11H15NO/c1-9-6-4-5-7-11(9)12(3)8-10(2)13/h4-7H,8H2,1-3H3. The topological polar surface area (TPSA) is 20.3 Å². The maximum absolute atomic E-state index is 10.9. The normalized spacial score (nSPS) is 9.77. The Morgan fingerprint density at radius 3 is 2.54 bits per heavy atom. The van der Waals surface area contributed by atoms with Gasteiger partial charge in [-0.15, -0.1) is 0 Å². The van der Waals surface area contributed by atoms with Crippen LogP contribution in [0.2, 0.25) is 0 Å². The lowest BCUT2D eigenvalue weighted by molar-refractivity contribution is -0.115. The number of carbonyl (C=O) groups is 1. The molecule has 0 aliphatic carbocycles. The van der Waals surface area contributed by atoms with E-state index in [4.69, 9.17) is 0 Å². The zero-order chi connectivity index (χ0) is 9.84. The number of Topliss-reactive ketones (excluding diaryl/α,β-unsaturated/α-hetero) is 1. The lowest BCUT2D eigenvalue weighted by Crippen LogP contribution is -2.24. The summed E-state index contributed by atoms with van der Waals surface area (Å²) in [6, 6.07) is 8.06. The quantitative estimate of drug-likeness (QED) is 0.704. The highest BCUT2D eigenvalue weighted by Crippen LogP contribution is 2.17. The second-order valence-electron chi connectivity index (χ2n) is 3.34. The van der Waals surface area contributed by atoms with Gasteiger partial charge in [0.25, 0.3) is 0 Å². The second-order valence-corrected chi connectivity index (χ2v) is 3.34. The number of benzene rings is 1. The van der Waals surface area contributed by atoms with Gasteiger partial charge in [0, 0.05) is 12.7 Å². The molecular formula is C11H15NO. The molecule has 0 saturated heterocycles. The van der Waals surface area contributed by atoms with Gasteiger partial charge in [0.1, 0.15) is 5.78 Å². The summed E-state index contributed by atoms with van der Waals surface area (Å²) in [5.41, 5.74) is 2.32. The third kappa shape index (κ3) is 2.58. The highest BCUT2D eigenvalue weighted by Gasteiger charge is 2.04. The number of ketones is 1. The SMILES string of the molecule is CC(=O)CN(C)c1ccccc1C. The van der Waals surface area contributed by atoms with Gasteiger partial charge in [-0.3, -0.25) is 4.79 Å². The van der Waals surface area contributed by atoms with Gasteiger partial charge in [-0.2, -0.15) is 0 Å². The first-order valence-corrected chi connectivity index (χ1v) is 4.37. The molecule has 13 heavy (non-hydrogen) atoms. The number of nitrogens with zero attached hydrogens (tertiary/aromatic N) is 1. The molecule has 2 heteroatoms. The monoisotopic (exact) mass is 177 g/mol. The van der Waals surface area contributed by atoms with Crippen molar-refractivity contribution in [1.29, 1.82) is 0 Å². The summed E-state index contributed by atoms with van der Waals surface area (Å²) in [5, 5.41) is 0. The van der Waals surface area contributed by atoms with Crippen molar-refractivity contribution in [2.45, 2.75) is 13.8 Å². The van der Waals surface area contributed by atoms with Crippen LogP contribution < -0.4 is 4.90 Å². The number of para-hydroxylation sites is 1. The van der Waals surface area contributed by atoms with Gasteiger partial charge in [0.2, 0.25) is 0 Å². The molecular weight excluding hydrogens is 162 g/mol. The summed E-state index contributed by atoms with van der Waals surface area (Å²) in [4.78, 5) is 12.9. The molecule has 0 amide bonds. The Hall–Kier alpha value is -1.31. The van der Waals surface area contributed by atoms with E-state index >= 15 is 0 Å². The number of aryl methyl sites for hydroxylation is 1. The van der Waals surface area contributed by atoms with Crippen molar-refractivity contribution in [3.63, 3.8) is 0 Å². The first-order chi connectivity index (χ1) is 6.11. The van der Waals surface area contributed by atoms with E-state index in [1.165, 1.54) is 5.56 Å². The van der Waals surface area contributed by atoms with E-state index in [2.05, 4.69) is 0 Å². The molecule has 0 spiro atoms. The van der Waals surface area contributed by atoms with E-state index in [1.54, 1.807) is 6.92 Å². The van der Waals surface area contributed by atoms with Crippen LogP contribution in [-0.2, 0) is 4.79 Å². The van der Waals surface area contributed by atoms with Crippen LogP contribution in [-0.4, -0.2) is 19.4 Å². The minimum atomic E-state index is 0.186. The molecule has 70 valence electrons. The first-order valence-electron chi connectivity index (χ1n) is 4.37. The maximum Gasteiger partial charge on any atom is 0.149 e. The van der Waals surface area contributed by atoms with Crippen molar-refractivity contribution in [3.8, 4) is 0 Å². The summed E-state index contributed by atoms with van der Waals surface area (Å²) in [6.07, 6.45) is 0. The zero-order valence-corrected chi connectivity index (χ0v) is 8.37. The Bertz CT molecular complexity index is 307. The van der Waals surface area contributed by atoms with E-state index in [1.807, 2.05) is 43.1 Å². The number of hydrogen-bond acceptors (Lipinski definition) is 2. The molecule has 0 radical (unpaired) electrons. The van der Waals surface area contributed by atoms with Crippen LogP contribution in [0.5, 0.6) is 0 Å². The molecule has 2 nitrogen and oxygen atoms in total. The van der Waals surface area contributed by atoms with Gasteiger partial charge in [-0.25, -0.2) is 0 Å². The van der Waals surface area contributed by atoms with Gasteiger partial charge < -0.3 is 4.90 Å². The van der Waals surface area contributed by atoms with Crippen molar-refractivity contribution in [2.24, 2.45) is 0 Å². The predicted molar refractivity (Wildman–Crippen MR) is 55.1 cm³/mol. The van der Waals surface area contributed by atoms with E-state index in [0.29, 0.717) is 6.54 Å². The van der Waals surface area contributed by atoms with Crippen LogP contribution >= 0.6 is 0 Å². The molecule has 1 rings (SSSR count). The Morgan fingerprint density at radius 2 is 2.00 bits per heavy atom. The van der Waals surface area contributed by atoms with Gasteiger partial charge in [0.05, 0.1) is 6.54 Å². The van der Waals surface area contributed by atoms with Crippen molar-refractivity contribution >= 4 is 11.5 Å². The fraction of sp³-hybridized carbons (Fsp3) is 0.364. The van der Waals surface area contributed by atoms with Crippen molar-refractivity contribution in [3.05, 3.63) is 29.8 Å². The van der Waals surface area contributed by atoms with Gasteiger partial charge in [0.15, 0.2) is 0 Å². The molecule has 0 atom stereocenters. The van der Waals surface area contributed by atoms with E-state index in [-0.39, 0.29) is 5.78 Å². The minimum Gasteiger partial charge on any atom is -0.367 e. The van der Waals surface area contributed by atoms with Crippen LogP contribution in [0.3, 0.4) is 0 Å². The molecule has 0 aromatic heterocycles. The summed E-state index contributed by atoms with van der Waals surface area (Å²) >= 11 is 0. The van der Waals surface area contributed by atoms with Crippen molar-refractivity contribution in [1.82, 2.24) is 0 Å². The fourth-order valence-electron chi connectivity index (χ4n) is 1.41. The number of hydrogen-bond donors (Lipinski definition) is 0. The molecule has 0 bridgehead atoms. The van der Waals surface area contributed by atoms with Gasteiger partial charge in [-0.1, -0.05) is 18.2 Å². The third-order valence-electron chi connectivity index (χ3n) is 1.99. The molecule has 0 fully saturated rings. The molecule has 0 aliphatic rings. The lowest BCUT2D eigenvalue weighted by Gasteiger charge is -2.19. The summed E-state index contributed by atoms with van der Waals surface area (Å²) in [7, 11) is 1.93. The van der Waals surface area contributed by atoms with Crippen LogP contribution in [0.15, 0.2) is 24.3 Å². The van der Waals surface area contributed by atoms with Gasteiger partial charge in [-0.05, 0) is 25.5 Å². The fourth-order valence-corrected chi connectivity index (χ4v) is 1.41. The molecule has 0 heterocycles. The average Bonchev–Trinajstić information content (AvgIpc) is 2.03. The highest BCUT2D eigenvalue weighted by molar-refractivity contribution is 5.81. The molecule has 0 saturated carbocycles. The number of anilines is 1. The third-order valence-corrected chi connectivity index (χ3v) is 1.99. The summed E-state index contributed by atoms with van der Waals surface area (Å²) in [5.74, 6) is 0.186. The molecule has 1 aromatic rings. The van der Waals surface area contributed by atoms with Crippen LogP contribution in [0.4, 0.5) is 5.69 Å². The zero-order valence-electron chi connectivity index (χ0n) is 8.37. The van der Waals surface area contributed by atoms with Crippen LogP contribution in [0.1, 0.15) is 12.5 Å². The summed E-state index contributed by atoms with van der Waals surface area (Å²) < 4.78 is 0. The number of rotatable bonds is 3. The Balaban J connectivity index is 2.82. The van der Waals surface area contributed by atoms with Gasteiger partial charge >= 0.3 is 0 Å². The summed E-state index contributed by atoms with van der Waals surface area (Å²) in [6.45, 7) is 4.13. The molecule has 0 unspecified atom stereocenters. The molecule has 0 aliphatic heterocycles. The molecule has 1 aromatic carbocycles. The Kier molecular flexibility index (Phi) is 3.07. The Morgan fingerprint density at radius 1 is 1.38 bits per heavy atom. The van der Waals surface area contributed by atoms with E-state index < -0.39 is 0 Å². The van der Waals surface area contributed by atoms with Crippen LogP contribution in [0, 0.1) is 6.92 Å². The minimum absolute atomic E-state index is 0.186. The van der Waals surface area contributed by atoms with Crippen molar-refractivity contribution in [2.75, 3.05) is 18.5 Å². The molecule has 0 N–H and O–H groups in total. The first kappa shape index (κ1) is 9.78. The van der Waals surface area contributed by atoms with E-state index in [0.717, 1.165) is 5.69 Å². The smallest absolute Gasteiger partial charge is 0.149 e. The number of carbonyl (C=O) groups excluding carboxylic acids is 1. The lowest BCUT2D eigenvalue weighted by atomic mass is 10.2. The Labute approximate surface area is 79.2 Å². The van der Waals surface area contributed by atoms with E-state index in [9.17, 15) is 4.79 Å². The average molecular weight is 177 g/mol. The predicted octanol–water partition coefficient (Wildman–Crippen LogP) is 2.02. The second kappa shape index (κ2) is 4.08. The highest BCUT2D eigenvalue weighted by atomic mass is 16.1. The largest absolute Gasteiger partial charge is 0.367 e. The van der Waals surface area contributed by atoms with Crippen LogP contribution in [0.25, 0.3) is 0 Å². The maximum atomic E-state index is 10.9. The van der Waals surface area contributed by atoms with Crippen molar-refractivity contribution < 1.29 is 4.79 Å².